The van der Waals surface area contributed by atoms with Gasteiger partial charge in [0.2, 0.25) is 0 Å². The molecule has 60 valence electrons. The van der Waals surface area contributed by atoms with Crippen LogP contribution in [-0.4, -0.2) is 12.0 Å². The van der Waals surface area contributed by atoms with E-state index in [1.807, 2.05) is 0 Å². The van der Waals surface area contributed by atoms with Gasteiger partial charge in [-0.25, -0.2) is 5.84 Å². The van der Waals surface area contributed by atoms with Crippen molar-refractivity contribution in [1.82, 2.24) is 4.98 Å². The van der Waals surface area contributed by atoms with Crippen LogP contribution < -0.4 is 22.3 Å². The average Bonchev–Trinajstić information content (AvgIpc) is 1.85. The minimum absolute atomic E-state index is 0.481. The summed E-state index contributed by atoms with van der Waals surface area (Å²) < 4.78 is 0. The lowest BCUT2D eigenvalue weighted by atomic mass is 10.3. The molecular formula is C6H11N5. The second-order valence-corrected chi connectivity index (χ2v) is 2.28. The van der Waals surface area contributed by atoms with Crippen LogP contribution in [0.3, 0.4) is 0 Å². The Morgan fingerprint density at radius 2 is 1.73 bits per heavy atom. The van der Waals surface area contributed by atoms with Crippen LogP contribution in [0.5, 0.6) is 0 Å². The van der Waals surface area contributed by atoms with Crippen LogP contribution in [0.2, 0.25) is 0 Å². The number of nitrogens with two attached hydrogens (primary N) is 3. The number of nitrogen functional groups attached to an aromatic ring is 2. The predicted octanol–water partition coefficient (Wildman–Crippen LogP) is -0.444. The maximum absolute atomic E-state index is 5.56. The summed E-state index contributed by atoms with van der Waals surface area (Å²) >= 11 is 0. The predicted molar refractivity (Wildman–Crippen MR) is 45.7 cm³/mol. The Balaban J connectivity index is 3.21. The summed E-state index contributed by atoms with van der Waals surface area (Å²) in [6, 6.07) is 0. The lowest BCUT2D eigenvalue weighted by molar-refractivity contribution is 1.02. The molecule has 5 heteroatoms. The molecule has 0 aliphatic heterocycles. The van der Waals surface area contributed by atoms with Gasteiger partial charge in [-0.2, -0.15) is 0 Å². The van der Waals surface area contributed by atoms with Gasteiger partial charge >= 0.3 is 0 Å². The Hall–Kier alpha value is -1.49. The Bertz CT molecular complexity index is 237. The van der Waals surface area contributed by atoms with Crippen LogP contribution in [-0.2, 0) is 0 Å². The summed E-state index contributed by atoms with van der Waals surface area (Å²) in [7, 11) is 1.67. The highest BCUT2D eigenvalue weighted by molar-refractivity contribution is 5.78. The molecule has 0 spiro atoms. The Labute approximate surface area is 64.8 Å². The van der Waals surface area contributed by atoms with Crippen molar-refractivity contribution in [1.29, 1.82) is 0 Å². The zero-order chi connectivity index (χ0) is 8.43. The summed E-state index contributed by atoms with van der Waals surface area (Å²) in [5.74, 6) is 5.46. The Kier molecular flexibility index (Phi) is 1.82. The largest absolute Gasteiger partial charge is 0.396 e. The van der Waals surface area contributed by atoms with E-state index in [-0.39, 0.29) is 0 Å². The molecule has 0 saturated carbocycles. The van der Waals surface area contributed by atoms with E-state index in [9.17, 15) is 0 Å². The zero-order valence-corrected chi connectivity index (χ0v) is 6.28. The number of anilines is 3. The third-order valence-corrected chi connectivity index (χ3v) is 1.33. The molecule has 0 unspecified atom stereocenters. The second kappa shape index (κ2) is 2.63. The fraction of sp³-hybridized carbons (Fsp3) is 0.167. The van der Waals surface area contributed by atoms with Crippen molar-refractivity contribution >= 4 is 17.1 Å². The zero-order valence-electron chi connectivity index (χ0n) is 6.28. The van der Waals surface area contributed by atoms with Crippen molar-refractivity contribution in [3.8, 4) is 0 Å². The lowest BCUT2D eigenvalue weighted by Crippen LogP contribution is -2.27. The summed E-state index contributed by atoms with van der Waals surface area (Å²) in [5, 5.41) is 1.37. The molecule has 0 radical (unpaired) electrons. The smallest absolute Gasteiger partial charge is 0.101 e. The highest BCUT2D eigenvalue weighted by atomic mass is 15.4. The van der Waals surface area contributed by atoms with Gasteiger partial charge in [-0.05, 0) is 0 Å². The molecule has 1 aromatic rings. The molecule has 0 atom stereocenters. The molecule has 6 N–H and O–H groups in total. The first-order valence-electron chi connectivity index (χ1n) is 3.10. The lowest BCUT2D eigenvalue weighted by Gasteiger charge is -2.15. The van der Waals surface area contributed by atoms with E-state index < -0.39 is 0 Å². The molecule has 0 aliphatic rings. The molecule has 1 rings (SSSR count). The maximum Gasteiger partial charge on any atom is 0.101 e. The summed E-state index contributed by atoms with van der Waals surface area (Å²) in [6.45, 7) is 0. The Morgan fingerprint density at radius 1 is 1.27 bits per heavy atom. The van der Waals surface area contributed by atoms with E-state index in [2.05, 4.69) is 4.98 Å². The molecule has 1 aromatic heterocycles. The van der Waals surface area contributed by atoms with Gasteiger partial charge in [-0.1, -0.05) is 0 Å². The van der Waals surface area contributed by atoms with Crippen LogP contribution in [0.1, 0.15) is 0 Å². The number of hydrogen-bond acceptors (Lipinski definition) is 5. The fourth-order valence-electron chi connectivity index (χ4n) is 0.894. The van der Waals surface area contributed by atoms with Gasteiger partial charge in [0.05, 0.1) is 23.8 Å². The first kappa shape index (κ1) is 7.62. The minimum atomic E-state index is 0.481. The van der Waals surface area contributed by atoms with Gasteiger partial charge in [0.25, 0.3) is 0 Å². The van der Waals surface area contributed by atoms with Crippen LogP contribution >= 0.6 is 0 Å². The van der Waals surface area contributed by atoms with Crippen molar-refractivity contribution in [3.63, 3.8) is 0 Å². The standard InChI is InChI=1S/C6H11N5/c1-11(9)6-4(7)2-10-3-5(6)8/h2-3H,7-9H2,1H3. The van der Waals surface area contributed by atoms with E-state index in [1.54, 1.807) is 7.05 Å². The first-order chi connectivity index (χ1) is 5.13. The van der Waals surface area contributed by atoms with E-state index >= 15 is 0 Å². The van der Waals surface area contributed by atoms with Gasteiger partial charge < -0.3 is 16.5 Å². The number of nitrogens with zero attached hydrogens (tertiary/aromatic N) is 2. The van der Waals surface area contributed by atoms with Crippen molar-refractivity contribution in [2.45, 2.75) is 0 Å². The maximum atomic E-state index is 5.56. The minimum Gasteiger partial charge on any atom is -0.396 e. The van der Waals surface area contributed by atoms with E-state index in [1.165, 1.54) is 17.4 Å². The normalized spacial score (nSPS) is 9.64. The molecule has 1 heterocycles. The number of aromatic nitrogens is 1. The highest BCUT2D eigenvalue weighted by Gasteiger charge is 2.05. The van der Waals surface area contributed by atoms with Crippen LogP contribution in [0.15, 0.2) is 12.4 Å². The third kappa shape index (κ3) is 1.32. The van der Waals surface area contributed by atoms with Gasteiger partial charge in [-0.3, -0.25) is 4.98 Å². The quantitative estimate of drug-likeness (QED) is 0.375. The fourth-order valence-corrected chi connectivity index (χ4v) is 0.894. The number of pyridine rings is 1. The molecule has 0 fully saturated rings. The molecule has 11 heavy (non-hydrogen) atoms. The van der Waals surface area contributed by atoms with Crippen LogP contribution in [0.4, 0.5) is 17.1 Å². The molecule has 0 aliphatic carbocycles. The van der Waals surface area contributed by atoms with Crippen molar-refractivity contribution in [3.05, 3.63) is 12.4 Å². The summed E-state index contributed by atoms with van der Waals surface area (Å²) in [4.78, 5) is 3.79. The molecule has 0 aromatic carbocycles. The molecule has 5 nitrogen and oxygen atoms in total. The third-order valence-electron chi connectivity index (χ3n) is 1.33. The highest BCUT2D eigenvalue weighted by Crippen LogP contribution is 2.25. The van der Waals surface area contributed by atoms with Crippen molar-refractivity contribution in [2.75, 3.05) is 23.5 Å². The van der Waals surface area contributed by atoms with Crippen molar-refractivity contribution in [2.24, 2.45) is 5.84 Å². The summed E-state index contributed by atoms with van der Waals surface area (Å²) in [6.07, 6.45) is 3.02. The van der Waals surface area contributed by atoms with Gasteiger partial charge in [0.15, 0.2) is 0 Å². The SMILES string of the molecule is CN(N)c1c(N)cncc1N. The monoisotopic (exact) mass is 153 g/mol. The van der Waals surface area contributed by atoms with E-state index in [0.29, 0.717) is 17.1 Å². The van der Waals surface area contributed by atoms with E-state index in [0.717, 1.165) is 0 Å². The molecular weight excluding hydrogens is 142 g/mol. The van der Waals surface area contributed by atoms with Crippen molar-refractivity contribution < 1.29 is 0 Å². The summed E-state index contributed by atoms with van der Waals surface area (Å²) in [5.41, 5.74) is 12.7. The number of rotatable bonds is 1. The van der Waals surface area contributed by atoms with Crippen LogP contribution in [0.25, 0.3) is 0 Å². The van der Waals surface area contributed by atoms with Gasteiger partial charge in [-0.15, -0.1) is 0 Å². The van der Waals surface area contributed by atoms with E-state index in [4.69, 9.17) is 17.3 Å². The number of hydrazine groups is 1. The first-order valence-corrected chi connectivity index (χ1v) is 3.10. The van der Waals surface area contributed by atoms with Gasteiger partial charge in [0, 0.05) is 7.05 Å². The Morgan fingerprint density at radius 3 is 2.00 bits per heavy atom. The topological polar surface area (TPSA) is 94.2 Å². The average molecular weight is 153 g/mol. The van der Waals surface area contributed by atoms with Gasteiger partial charge in [0.1, 0.15) is 5.69 Å². The van der Waals surface area contributed by atoms with Crippen LogP contribution in [0, 0.1) is 0 Å². The molecule has 0 bridgehead atoms. The number of hydrogen-bond donors (Lipinski definition) is 3. The second-order valence-electron chi connectivity index (χ2n) is 2.28. The molecule has 0 amide bonds. The molecule has 0 saturated heterocycles.